The average Bonchev–Trinajstić information content (AvgIpc) is 3.19. The zero-order valence-corrected chi connectivity index (χ0v) is 15.7. The fraction of sp³-hybridized carbons (Fsp3) is 0.389. The SMILES string of the molecule is O=C(CCc1ccco1)N1CCN(S(=O)(=O)c2cccc(C(F)(F)F)c2)CC1. The minimum atomic E-state index is -4.62. The Balaban J connectivity index is 1.61. The van der Waals surface area contributed by atoms with Crippen LogP contribution in [-0.2, 0) is 27.4 Å². The van der Waals surface area contributed by atoms with Gasteiger partial charge in [-0.2, -0.15) is 17.5 Å². The van der Waals surface area contributed by atoms with Crippen LogP contribution in [0.4, 0.5) is 13.2 Å². The van der Waals surface area contributed by atoms with E-state index in [0.29, 0.717) is 18.2 Å². The highest BCUT2D eigenvalue weighted by molar-refractivity contribution is 7.89. The number of nitrogens with zero attached hydrogens (tertiary/aromatic N) is 2. The Kier molecular flexibility index (Phi) is 5.80. The molecule has 0 atom stereocenters. The standard InChI is InChI=1S/C18H19F3N2O4S/c19-18(20,21)14-3-1-5-16(13-14)28(25,26)23-10-8-22(9-11-23)17(24)7-6-15-4-2-12-27-15/h1-5,12-13H,6-11H2. The number of hydrogen-bond acceptors (Lipinski definition) is 4. The lowest BCUT2D eigenvalue weighted by Crippen LogP contribution is -2.50. The molecule has 1 aliphatic rings. The molecule has 1 fully saturated rings. The molecule has 1 aromatic heterocycles. The van der Waals surface area contributed by atoms with Gasteiger partial charge < -0.3 is 9.32 Å². The number of amides is 1. The fourth-order valence-electron chi connectivity index (χ4n) is 3.00. The number of rotatable bonds is 5. The summed E-state index contributed by atoms with van der Waals surface area (Å²) in [7, 11) is -4.06. The van der Waals surface area contributed by atoms with Gasteiger partial charge in [0.05, 0.1) is 16.7 Å². The number of aryl methyl sites for hydroxylation is 1. The predicted octanol–water partition coefficient (Wildman–Crippen LogP) is 2.76. The number of carbonyl (C=O) groups is 1. The van der Waals surface area contributed by atoms with Crippen molar-refractivity contribution < 1.29 is 30.8 Å². The van der Waals surface area contributed by atoms with Gasteiger partial charge in [-0.3, -0.25) is 4.79 Å². The highest BCUT2D eigenvalue weighted by Gasteiger charge is 2.34. The zero-order chi connectivity index (χ0) is 20.4. The van der Waals surface area contributed by atoms with Gasteiger partial charge in [0.1, 0.15) is 5.76 Å². The van der Waals surface area contributed by atoms with Crippen LogP contribution in [0.1, 0.15) is 17.7 Å². The molecule has 1 aromatic carbocycles. The van der Waals surface area contributed by atoms with Crippen molar-refractivity contribution in [1.29, 1.82) is 0 Å². The maximum absolute atomic E-state index is 12.9. The van der Waals surface area contributed by atoms with Crippen LogP contribution >= 0.6 is 0 Å². The normalized spacial score (nSPS) is 16.3. The lowest BCUT2D eigenvalue weighted by Gasteiger charge is -2.34. The van der Waals surface area contributed by atoms with Crippen molar-refractivity contribution in [2.24, 2.45) is 0 Å². The molecule has 2 heterocycles. The topological polar surface area (TPSA) is 70.8 Å². The van der Waals surface area contributed by atoms with Crippen molar-refractivity contribution in [1.82, 2.24) is 9.21 Å². The molecule has 0 radical (unpaired) electrons. The van der Waals surface area contributed by atoms with Crippen molar-refractivity contribution >= 4 is 15.9 Å². The van der Waals surface area contributed by atoms with Gasteiger partial charge in [0.2, 0.25) is 15.9 Å². The Bertz CT molecular complexity index is 919. The number of halogens is 3. The molecule has 1 saturated heterocycles. The van der Waals surface area contributed by atoms with Gasteiger partial charge in [0, 0.05) is 39.0 Å². The first-order valence-electron chi connectivity index (χ1n) is 8.65. The lowest BCUT2D eigenvalue weighted by molar-refractivity contribution is -0.137. The van der Waals surface area contributed by atoms with Crippen molar-refractivity contribution in [2.75, 3.05) is 26.2 Å². The summed E-state index contributed by atoms with van der Waals surface area (Å²) in [6, 6.07) is 7.19. The van der Waals surface area contributed by atoms with Crippen LogP contribution < -0.4 is 0 Å². The summed E-state index contributed by atoms with van der Waals surface area (Å²) in [6.07, 6.45) is -2.40. The van der Waals surface area contributed by atoms with E-state index in [2.05, 4.69) is 0 Å². The molecular formula is C18H19F3N2O4S. The molecule has 152 valence electrons. The van der Waals surface area contributed by atoms with E-state index < -0.39 is 26.7 Å². The Morgan fingerprint density at radius 1 is 1.07 bits per heavy atom. The van der Waals surface area contributed by atoms with Crippen LogP contribution in [0.15, 0.2) is 52.0 Å². The Hall–Kier alpha value is -2.33. The van der Waals surface area contributed by atoms with Crippen LogP contribution in [0, 0.1) is 0 Å². The molecule has 1 amide bonds. The molecule has 0 bridgehead atoms. The molecular weight excluding hydrogens is 397 g/mol. The van der Waals surface area contributed by atoms with Gasteiger partial charge >= 0.3 is 6.18 Å². The lowest BCUT2D eigenvalue weighted by atomic mass is 10.2. The second kappa shape index (κ2) is 7.96. The second-order valence-corrected chi connectivity index (χ2v) is 8.33. The summed E-state index contributed by atoms with van der Waals surface area (Å²) in [5.41, 5.74) is -1.01. The number of piperazine rings is 1. The molecule has 0 unspecified atom stereocenters. The summed E-state index contributed by atoms with van der Waals surface area (Å²) in [4.78, 5) is 13.4. The quantitative estimate of drug-likeness (QED) is 0.752. The largest absolute Gasteiger partial charge is 0.469 e. The first kappa shape index (κ1) is 20.4. The molecule has 3 rings (SSSR count). The fourth-order valence-corrected chi connectivity index (χ4v) is 4.47. The molecule has 0 spiro atoms. The maximum Gasteiger partial charge on any atom is 0.416 e. The molecule has 0 aliphatic carbocycles. The highest BCUT2D eigenvalue weighted by Crippen LogP contribution is 2.31. The molecule has 28 heavy (non-hydrogen) atoms. The minimum Gasteiger partial charge on any atom is -0.469 e. The van der Waals surface area contributed by atoms with E-state index >= 15 is 0 Å². The third-order valence-corrected chi connectivity index (χ3v) is 6.45. The van der Waals surface area contributed by atoms with E-state index in [0.717, 1.165) is 22.5 Å². The molecule has 1 aliphatic heterocycles. The highest BCUT2D eigenvalue weighted by atomic mass is 32.2. The van der Waals surface area contributed by atoms with Crippen molar-refractivity contribution in [3.63, 3.8) is 0 Å². The third kappa shape index (κ3) is 4.56. The maximum atomic E-state index is 12.9. The Labute approximate surface area is 160 Å². The Morgan fingerprint density at radius 3 is 2.39 bits per heavy atom. The minimum absolute atomic E-state index is 0.0328. The first-order chi connectivity index (χ1) is 13.2. The van der Waals surface area contributed by atoms with Crippen LogP contribution in [0.5, 0.6) is 0 Å². The van der Waals surface area contributed by atoms with Crippen LogP contribution in [-0.4, -0.2) is 49.7 Å². The zero-order valence-electron chi connectivity index (χ0n) is 14.9. The van der Waals surface area contributed by atoms with E-state index in [4.69, 9.17) is 4.42 Å². The second-order valence-electron chi connectivity index (χ2n) is 6.39. The van der Waals surface area contributed by atoms with Crippen molar-refractivity contribution in [3.8, 4) is 0 Å². The monoisotopic (exact) mass is 416 g/mol. The van der Waals surface area contributed by atoms with Crippen molar-refractivity contribution in [3.05, 3.63) is 54.0 Å². The van der Waals surface area contributed by atoms with Crippen LogP contribution in [0.25, 0.3) is 0 Å². The molecule has 0 N–H and O–H groups in total. The number of hydrogen-bond donors (Lipinski definition) is 0. The predicted molar refractivity (Wildman–Crippen MR) is 93.8 cm³/mol. The van der Waals surface area contributed by atoms with E-state index in [1.807, 2.05) is 0 Å². The first-order valence-corrected chi connectivity index (χ1v) is 10.1. The molecule has 2 aromatic rings. The van der Waals surface area contributed by atoms with Crippen molar-refractivity contribution in [2.45, 2.75) is 23.9 Å². The van der Waals surface area contributed by atoms with Gasteiger partial charge in [-0.1, -0.05) is 6.07 Å². The number of carbonyl (C=O) groups excluding carboxylic acids is 1. The average molecular weight is 416 g/mol. The van der Waals surface area contributed by atoms with E-state index in [1.54, 1.807) is 17.0 Å². The number of sulfonamides is 1. The molecule has 10 heteroatoms. The molecule has 0 saturated carbocycles. The number of furan rings is 1. The smallest absolute Gasteiger partial charge is 0.416 e. The van der Waals surface area contributed by atoms with E-state index in [1.165, 1.54) is 6.26 Å². The van der Waals surface area contributed by atoms with Gasteiger partial charge in [-0.15, -0.1) is 0 Å². The van der Waals surface area contributed by atoms with Crippen LogP contribution in [0.3, 0.4) is 0 Å². The Morgan fingerprint density at radius 2 is 1.79 bits per heavy atom. The van der Waals surface area contributed by atoms with E-state index in [9.17, 15) is 26.4 Å². The summed E-state index contributed by atoms with van der Waals surface area (Å²) in [6.45, 7) is 0.445. The van der Waals surface area contributed by atoms with Gasteiger partial charge in [0.15, 0.2) is 0 Å². The summed E-state index contributed by atoms with van der Waals surface area (Å²) >= 11 is 0. The van der Waals surface area contributed by atoms with Gasteiger partial charge in [0.25, 0.3) is 0 Å². The van der Waals surface area contributed by atoms with E-state index in [-0.39, 0.29) is 38.5 Å². The van der Waals surface area contributed by atoms with Gasteiger partial charge in [-0.25, -0.2) is 8.42 Å². The third-order valence-electron chi connectivity index (χ3n) is 4.56. The summed E-state index contributed by atoms with van der Waals surface area (Å²) in [5, 5.41) is 0. The van der Waals surface area contributed by atoms with Crippen LogP contribution in [0.2, 0.25) is 0 Å². The summed E-state index contributed by atoms with van der Waals surface area (Å²) in [5.74, 6) is 0.576. The molecule has 6 nitrogen and oxygen atoms in total. The number of benzene rings is 1. The number of alkyl halides is 3. The van der Waals surface area contributed by atoms with Gasteiger partial charge in [-0.05, 0) is 30.3 Å². The summed E-state index contributed by atoms with van der Waals surface area (Å²) < 4.78 is 70.2.